The molecule has 2 aromatic carbocycles. The first kappa shape index (κ1) is 18.7. The van der Waals surface area contributed by atoms with Crippen molar-refractivity contribution >= 4 is 46.2 Å². The van der Waals surface area contributed by atoms with Gasteiger partial charge in [0.1, 0.15) is 0 Å². The second-order valence-electron chi connectivity index (χ2n) is 5.83. The van der Waals surface area contributed by atoms with E-state index in [9.17, 15) is 0 Å². The number of para-hydroxylation sites is 1. The van der Waals surface area contributed by atoms with Crippen LogP contribution in [0.25, 0.3) is 5.69 Å². The van der Waals surface area contributed by atoms with E-state index in [1.807, 2.05) is 41.9 Å². The zero-order chi connectivity index (χ0) is 18.7. The number of thiocarbonyl (C=S) groups is 1. The lowest BCUT2D eigenvalue weighted by molar-refractivity contribution is 0.830. The SMILES string of the molecule is Cc1nn(-c2ccccc2)c(C)c1CNC(=S)Nc1ccc(Cl)cc1Cl. The summed E-state index contributed by atoms with van der Waals surface area (Å²) in [7, 11) is 0. The Bertz CT molecular complexity index is 938. The standard InChI is InChI=1S/C19H18Cl2N4S/c1-12-16(13(2)25(24-12)15-6-4-3-5-7-15)11-22-19(26)23-18-9-8-14(20)10-17(18)21/h3-10H,11H2,1-2H3,(H2,22,23,26). The van der Waals surface area contributed by atoms with Gasteiger partial charge in [0.2, 0.25) is 0 Å². The van der Waals surface area contributed by atoms with Crippen LogP contribution in [-0.2, 0) is 6.54 Å². The molecule has 0 spiro atoms. The lowest BCUT2D eigenvalue weighted by Gasteiger charge is -2.12. The number of rotatable bonds is 4. The molecular weight excluding hydrogens is 387 g/mol. The van der Waals surface area contributed by atoms with Crippen molar-refractivity contribution in [1.29, 1.82) is 0 Å². The molecule has 3 rings (SSSR count). The average molecular weight is 405 g/mol. The number of benzene rings is 2. The van der Waals surface area contributed by atoms with Crippen LogP contribution in [0.15, 0.2) is 48.5 Å². The highest BCUT2D eigenvalue weighted by Crippen LogP contribution is 2.25. The van der Waals surface area contributed by atoms with Crippen molar-refractivity contribution in [3.63, 3.8) is 0 Å². The van der Waals surface area contributed by atoms with Crippen molar-refractivity contribution < 1.29 is 0 Å². The van der Waals surface area contributed by atoms with Gasteiger partial charge >= 0.3 is 0 Å². The Kier molecular flexibility index (Phi) is 5.81. The summed E-state index contributed by atoms with van der Waals surface area (Å²) in [4.78, 5) is 0. The largest absolute Gasteiger partial charge is 0.358 e. The summed E-state index contributed by atoms with van der Waals surface area (Å²) >= 11 is 17.5. The zero-order valence-electron chi connectivity index (χ0n) is 14.4. The molecule has 1 heterocycles. The van der Waals surface area contributed by atoms with Gasteiger partial charge in [-0.3, -0.25) is 0 Å². The molecule has 0 saturated heterocycles. The van der Waals surface area contributed by atoms with Gasteiger partial charge in [0.15, 0.2) is 5.11 Å². The fourth-order valence-corrected chi connectivity index (χ4v) is 3.32. The van der Waals surface area contributed by atoms with Crippen molar-refractivity contribution in [1.82, 2.24) is 15.1 Å². The number of aromatic nitrogens is 2. The third-order valence-electron chi connectivity index (χ3n) is 4.05. The second kappa shape index (κ2) is 8.08. The molecule has 0 saturated carbocycles. The van der Waals surface area contributed by atoms with Gasteiger partial charge in [0, 0.05) is 22.8 Å². The third-order valence-corrected chi connectivity index (χ3v) is 4.84. The number of nitrogens with zero attached hydrogens (tertiary/aromatic N) is 2. The molecular formula is C19H18Cl2N4S. The summed E-state index contributed by atoms with van der Waals surface area (Å²) in [6, 6.07) is 15.3. The quantitative estimate of drug-likeness (QED) is 0.580. The first-order chi connectivity index (χ1) is 12.5. The Morgan fingerprint density at radius 3 is 2.54 bits per heavy atom. The molecule has 4 nitrogen and oxygen atoms in total. The van der Waals surface area contributed by atoms with Crippen LogP contribution in [0.2, 0.25) is 10.0 Å². The highest BCUT2D eigenvalue weighted by Gasteiger charge is 2.13. The summed E-state index contributed by atoms with van der Waals surface area (Å²) in [5.74, 6) is 0. The van der Waals surface area contributed by atoms with Crippen molar-refractivity contribution in [3.8, 4) is 5.69 Å². The van der Waals surface area contributed by atoms with Gasteiger partial charge in [-0.1, -0.05) is 41.4 Å². The molecule has 1 aromatic heterocycles. The minimum Gasteiger partial charge on any atom is -0.358 e. The number of anilines is 1. The van der Waals surface area contributed by atoms with Crippen LogP contribution >= 0.6 is 35.4 Å². The topological polar surface area (TPSA) is 41.9 Å². The average Bonchev–Trinajstić information content (AvgIpc) is 2.90. The molecule has 0 amide bonds. The Balaban J connectivity index is 1.70. The monoisotopic (exact) mass is 404 g/mol. The molecule has 134 valence electrons. The summed E-state index contributed by atoms with van der Waals surface area (Å²) < 4.78 is 1.94. The molecule has 7 heteroatoms. The van der Waals surface area contributed by atoms with E-state index in [0.29, 0.717) is 27.4 Å². The van der Waals surface area contributed by atoms with E-state index in [-0.39, 0.29) is 0 Å². The van der Waals surface area contributed by atoms with Crippen LogP contribution in [0.4, 0.5) is 5.69 Å². The normalized spacial score (nSPS) is 10.6. The van der Waals surface area contributed by atoms with Gasteiger partial charge in [0.25, 0.3) is 0 Å². The lowest BCUT2D eigenvalue weighted by Crippen LogP contribution is -2.28. The van der Waals surface area contributed by atoms with Crippen LogP contribution in [0, 0.1) is 13.8 Å². The predicted molar refractivity (Wildman–Crippen MR) is 113 cm³/mol. The molecule has 0 fully saturated rings. The molecule has 2 N–H and O–H groups in total. The number of hydrogen-bond donors (Lipinski definition) is 2. The van der Waals surface area contributed by atoms with Crippen LogP contribution in [-0.4, -0.2) is 14.9 Å². The molecule has 0 unspecified atom stereocenters. The number of hydrogen-bond acceptors (Lipinski definition) is 2. The molecule has 0 aliphatic heterocycles. The minimum absolute atomic E-state index is 0.487. The van der Waals surface area contributed by atoms with E-state index in [1.165, 1.54) is 0 Å². The van der Waals surface area contributed by atoms with Crippen LogP contribution < -0.4 is 10.6 Å². The summed E-state index contributed by atoms with van der Waals surface area (Å²) in [6.45, 7) is 4.62. The molecule has 0 radical (unpaired) electrons. The van der Waals surface area contributed by atoms with Crippen LogP contribution in [0.5, 0.6) is 0 Å². The Morgan fingerprint density at radius 2 is 1.85 bits per heavy atom. The first-order valence-corrected chi connectivity index (χ1v) is 9.22. The molecule has 0 aliphatic carbocycles. The van der Waals surface area contributed by atoms with Gasteiger partial charge < -0.3 is 10.6 Å². The van der Waals surface area contributed by atoms with Crippen molar-refractivity contribution in [2.45, 2.75) is 20.4 Å². The van der Waals surface area contributed by atoms with E-state index in [2.05, 4.69) is 22.7 Å². The molecule has 3 aromatic rings. The Hall–Kier alpha value is -2.08. The summed E-state index contributed by atoms with van der Waals surface area (Å²) in [5.41, 5.74) is 4.90. The second-order valence-corrected chi connectivity index (χ2v) is 7.08. The van der Waals surface area contributed by atoms with E-state index in [4.69, 9.17) is 35.4 Å². The number of nitrogens with one attached hydrogen (secondary N) is 2. The van der Waals surface area contributed by atoms with Crippen molar-refractivity contribution in [2.24, 2.45) is 0 Å². The predicted octanol–water partition coefficient (Wildman–Crippen LogP) is 5.28. The Morgan fingerprint density at radius 1 is 1.12 bits per heavy atom. The fourth-order valence-electron chi connectivity index (χ4n) is 2.68. The van der Waals surface area contributed by atoms with E-state index >= 15 is 0 Å². The lowest BCUT2D eigenvalue weighted by atomic mass is 10.2. The maximum Gasteiger partial charge on any atom is 0.171 e. The summed E-state index contributed by atoms with van der Waals surface area (Å²) in [6.07, 6.45) is 0. The fraction of sp³-hybridized carbons (Fsp3) is 0.158. The highest BCUT2D eigenvalue weighted by molar-refractivity contribution is 7.80. The molecule has 0 atom stereocenters. The summed E-state index contributed by atoms with van der Waals surface area (Å²) in [5, 5.41) is 12.5. The molecule has 0 bridgehead atoms. The van der Waals surface area contributed by atoms with Crippen molar-refractivity contribution in [2.75, 3.05) is 5.32 Å². The Labute approximate surface area is 168 Å². The van der Waals surface area contributed by atoms with Gasteiger partial charge in [-0.25, -0.2) is 4.68 Å². The van der Waals surface area contributed by atoms with Gasteiger partial charge in [-0.2, -0.15) is 5.10 Å². The number of halogens is 2. The number of aryl methyl sites for hydroxylation is 1. The van der Waals surface area contributed by atoms with Crippen molar-refractivity contribution in [3.05, 3.63) is 75.5 Å². The van der Waals surface area contributed by atoms with E-state index < -0.39 is 0 Å². The zero-order valence-corrected chi connectivity index (χ0v) is 16.7. The smallest absolute Gasteiger partial charge is 0.171 e. The molecule has 0 aliphatic rings. The minimum atomic E-state index is 0.487. The van der Waals surface area contributed by atoms with E-state index in [1.54, 1.807) is 18.2 Å². The molecule has 26 heavy (non-hydrogen) atoms. The third kappa shape index (κ3) is 4.18. The van der Waals surface area contributed by atoms with Gasteiger partial charge in [-0.15, -0.1) is 0 Å². The highest BCUT2D eigenvalue weighted by atomic mass is 35.5. The first-order valence-electron chi connectivity index (χ1n) is 8.06. The van der Waals surface area contributed by atoms with Gasteiger partial charge in [-0.05, 0) is 56.4 Å². The van der Waals surface area contributed by atoms with E-state index in [0.717, 1.165) is 22.6 Å². The maximum absolute atomic E-state index is 6.16. The van der Waals surface area contributed by atoms with Gasteiger partial charge in [0.05, 0.1) is 22.1 Å². The maximum atomic E-state index is 6.16. The van der Waals surface area contributed by atoms with Crippen LogP contribution in [0.1, 0.15) is 17.0 Å². The van der Waals surface area contributed by atoms with Crippen LogP contribution in [0.3, 0.4) is 0 Å².